The number of hydrogen-bond acceptors (Lipinski definition) is 5. The van der Waals surface area contributed by atoms with Crippen LogP contribution < -0.4 is 5.32 Å². The van der Waals surface area contributed by atoms with Crippen molar-refractivity contribution < 1.29 is 19.8 Å². The summed E-state index contributed by atoms with van der Waals surface area (Å²) in [6.45, 7) is 5.36. The van der Waals surface area contributed by atoms with Crippen LogP contribution in [0.15, 0.2) is 53.0 Å². The molecule has 0 aliphatic rings. The van der Waals surface area contributed by atoms with E-state index in [1.807, 2.05) is 50.4 Å². The van der Waals surface area contributed by atoms with Gasteiger partial charge in [0, 0.05) is 28.7 Å². The van der Waals surface area contributed by atoms with E-state index in [-0.39, 0.29) is 5.91 Å². The molecule has 2 amide bonds. The van der Waals surface area contributed by atoms with Crippen molar-refractivity contribution >= 4 is 39.5 Å². The minimum Gasteiger partial charge on any atom is -0.390 e. The molecule has 3 atom stereocenters. The summed E-state index contributed by atoms with van der Waals surface area (Å²) in [5.41, 5.74) is 1.69. The van der Waals surface area contributed by atoms with E-state index in [0.717, 1.165) is 18.4 Å². The maximum absolute atomic E-state index is 13.3. The van der Waals surface area contributed by atoms with Crippen LogP contribution in [0.25, 0.3) is 0 Å². The minimum atomic E-state index is -1.14. The topological polar surface area (TPSA) is 89.9 Å². The maximum Gasteiger partial charge on any atom is 0.253 e. The summed E-state index contributed by atoms with van der Waals surface area (Å²) in [6, 6.07) is 13.8. The molecule has 0 saturated carbocycles. The van der Waals surface area contributed by atoms with Crippen LogP contribution in [0.3, 0.4) is 0 Å². The molecule has 35 heavy (non-hydrogen) atoms. The van der Waals surface area contributed by atoms with Crippen LogP contribution in [0.1, 0.15) is 59.4 Å². The van der Waals surface area contributed by atoms with E-state index < -0.39 is 24.2 Å². The Morgan fingerprint density at radius 2 is 1.66 bits per heavy atom. The Kier molecular flexibility index (Phi) is 12.8. The van der Waals surface area contributed by atoms with Crippen LogP contribution in [0.5, 0.6) is 0 Å². The fourth-order valence-electron chi connectivity index (χ4n) is 3.94. The van der Waals surface area contributed by atoms with Gasteiger partial charge in [-0.15, -0.1) is 0 Å². The lowest BCUT2D eigenvalue weighted by Gasteiger charge is -2.28. The molecular formula is C27H37BrN2O4S. The second-order valence-corrected chi connectivity index (χ2v) is 10.5. The highest BCUT2D eigenvalue weighted by molar-refractivity contribution is 9.10. The van der Waals surface area contributed by atoms with Gasteiger partial charge >= 0.3 is 0 Å². The molecule has 0 spiro atoms. The normalized spacial score (nSPS) is 13.7. The Morgan fingerprint density at radius 3 is 2.26 bits per heavy atom. The lowest BCUT2D eigenvalue weighted by Crippen LogP contribution is -2.50. The summed E-state index contributed by atoms with van der Waals surface area (Å²) < 4.78 is 0.626. The SMILES string of the molecule is CCCN(CCC)C(=O)c1cc(Br)cc(C(=O)N[C@@H](Cc2ccccc2)[C@@H](O)[C@H](O)CCSC)c1. The zero-order valence-corrected chi connectivity index (χ0v) is 23.1. The molecule has 192 valence electrons. The number of thioether (sulfide) groups is 1. The third-order valence-corrected chi connectivity index (χ3v) is 6.82. The fraction of sp³-hybridized carbons (Fsp3) is 0.481. The Bertz CT molecular complexity index is 938. The number of amides is 2. The van der Waals surface area contributed by atoms with Gasteiger partial charge in [0.15, 0.2) is 0 Å². The van der Waals surface area contributed by atoms with Crippen LogP contribution >= 0.6 is 27.7 Å². The molecule has 0 saturated heterocycles. The molecule has 0 aromatic heterocycles. The van der Waals surface area contributed by atoms with Gasteiger partial charge in [-0.25, -0.2) is 0 Å². The molecule has 0 heterocycles. The molecule has 2 aromatic carbocycles. The van der Waals surface area contributed by atoms with Crippen LogP contribution in [0.2, 0.25) is 0 Å². The Hall–Kier alpha value is -1.87. The number of carbonyl (C=O) groups excluding carboxylic acids is 2. The first kappa shape index (κ1) is 29.4. The fourth-order valence-corrected chi connectivity index (χ4v) is 4.91. The van der Waals surface area contributed by atoms with Crippen molar-refractivity contribution in [1.82, 2.24) is 10.2 Å². The highest BCUT2D eigenvalue weighted by atomic mass is 79.9. The van der Waals surface area contributed by atoms with Crippen molar-refractivity contribution in [2.24, 2.45) is 0 Å². The predicted octanol–water partition coefficient (Wildman–Crippen LogP) is 4.53. The molecule has 0 radical (unpaired) electrons. The highest BCUT2D eigenvalue weighted by Gasteiger charge is 2.28. The van der Waals surface area contributed by atoms with Gasteiger partial charge in [-0.1, -0.05) is 60.1 Å². The average Bonchev–Trinajstić information content (AvgIpc) is 2.86. The number of nitrogens with one attached hydrogen (secondary N) is 1. The summed E-state index contributed by atoms with van der Waals surface area (Å²) >= 11 is 5.02. The lowest BCUT2D eigenvalue weighted by molar-refractivity contribution is -0.00405. The van der Waals surface area contributed by atoms with E-state index >= 15 is 0 Å². The second kappa shape index (κ2) is 15.3. The van der Waals surface area contributed by atoms with Gasteiger partial charge in [-0.05, 0) is 61.5 Å². The van der Waals surface area contributed by atoms with E-state index in [4.69, 9.17) is 0 Å². The summed E-state index contributed by atoms with van der Waals surface area (Å²) in [4.78, 5) is 28.2. The van der Waals surface area contributed by atoms with Crippen molar-refractivity contribution in [3.63, 3.8) is 0 Å². The number of halogens is 1. The molecule has 2 aromatic rings. The van der Waals surface area contributed by atoms with Crippen molar-refractivity contribution in [2.75, 3.05) is 25.1 Å². The molecule has 8 heteroatoms. The molecular weight excluding hydrogens is 528 g/mol. The first-order valence-electron chi connectivity index (χ1n) is 12.1. The molecule has 0 unspecified atom stereocenters. The number of aliphatic hydroxyl groups is 2. The van der Waals surface area contributed by atoms with Crippen LogP contribution in [-0.2, 0) is 6.42 Å². The molecule has 0 fully saturated rings. The zero-order valence-electron chi connectivity index (χ0n) is 20.7. The number of benzene rings is 2. The number of aliphatic hydroxyl groups excluding tert-OH is 2. The largest absolute Gasteiger partial charge is 0.390 e. The van der Waals surface area contributed by atoms with Crippen molar-refractivity contribution in [1.29, 1.82) is 0 Å². The Labute approximate surface area is 221 Å². The maximum atomic E-state index is 13.3. The van der Waals surface area contributed by atoms with E-state index in [0.29, 0.717) is 47.3 Å². The number of hydrogen-bond donors (Lipinski definition) is 3. The zero-order chi connectivity index (χ0) is 25.8. The molecule has 0 bridgehead atoms. The quantitative estimate of drug-likeness (QED) is 0.313. The van der Waals surface area contributed by atoms with Crippen LogP contribution in [0, 0.1) is 0 Å². The molecule has 3 N–H and O–H groups in total. The highest BCUT2D eigenvalue weighted by Crippen LogP contribution is 2.19. The predicted molar refractivity (Wildman–Crippen MR) is 147 cm³/mol. The van der Waals surface area contributed by atoms with Gasteiger partial charge in [-0.3, -0.25) is 9.59 Å². The number of nitrogens with zero attached hydrogens (tertiary/aromatic N) is 1. The van der Waals surface area contributed by atoms with Crippen molar-refractivity contribution in [3.8, 4) is 0 Å². The minimum absolute atomic E-state index is 0.114. The van der Waals surface area contributed by atoms with Gasteiger partial charge in [0.05, 0.1) is 12.1 Å². The molecule has 2 rings (SSSR count). The summed E-state index contributed by atoms with van der Waals surface area (Å²) in [6.07, 6.45) is 2.33. The monoisotopic (exact) mass is 564 g/mol. The van der Waals surface area contributed by atoms with E-state index in [1.54, 1.807) is 34.9 Å². The van der Waals surface area contributed by atoms with Crippen molar-refractivity contribution in [2.45, 2.75) is 57.8 Å². The van der Waals surface area contributed by atoms with E-state index in [1.165, 1.54) is 0 Å². The molecule has 0 aliphatic carbocycles. The van der Waals surface area contributed by atoms with Gasteiger partial charge in [0.2, 0.25) is 0 Å². The standard InChI is InChI=1S/C27H37BrN2O4S/c1-4-12-30(13-5-2)27(34)21-16-20(17-22(28)18-21)26(33)29-23(15-19-9-7-6-8-10-19)25(32)24(31)11-14-35-3/h6-10,16-18,23-25,31-32H,4-5,11-15H2,1-3H3,(H,29,33)/t23-,24+,25+/m0/s1. The molecule has 0 aliphatic heterocycles. The third-order valence-electron chi connectivity index (χ3n) is 5.72. The number of carbonyl (C=O) groups is 2. The van der Waals surface area contributed by atoms with E-state index in [2.05, 4.69) is 21.2 Å². The Balaban J connectivity index is 2.28. The summed E-state index contributed by atoms with van der Waals surface area (Å²) in [7, 11) is 0. The lowest BCUT2D eigenvalue weighted by atomic mass is 9.96. The smallest absolute Gasteiger partial charge is 0.253 e. The number of rotatable bonds is 14. The molecule has 6 nitrogen and oxygen atoms in total. The summed E-state index contributed by atoms with van der Waals surface area (Å²) in [5, 5.41) is 24.3. The first-order chi connectivity index (χ1) is 16.8. The van der Waals surface area contributed by atoms with Crippen molar-refractivity contribution in [3.05, 3.63) is 69.7 Å². The average molecular weight is 566 g/mol. The van der Waals surface area contributed by atoms with Crippen LogP contribution in [-0.4, -0.2) is 70.3 Å². The van der Waals surface area contributed by atoms with Gasteiger partial charge in [0.1, 0.15) is 6.10 Å². The van der Waals surface area contributed by atoms with E-state index in [9.17, 15) is 19.8 Å². The summed E-state index contributed by atoms with van der Waals surface area (Å²) in [5.74, 6) is 0.181. The van der Waals surface area contributed by atoms with Gasteiger partial charge < -0.3 is 20.4 Å². The Morgan fingerprint density at radius 1 is 1.03 bits per heavy atom. The van der Waals surface area contributed by atoms with Gasteiger partial charge in [-0.2, -0.15) is 11.8 Å². The third kappa shape index (κ3) is 9.26. The van der Waals surface area contributed by atoms with Gasteiger partial charge in [0.25, 0.3) is 11.8 Å². The van der Waals surface area contributed by atoms with Crippen LogP contribution in [0.4, 0.5) is 0 Å². The first-order valence-corrected chi connectivity index (χ1v) is 14.3. The second-order valence-electron chi connectivity index (χ2n) is 8.63.